The van der Waals surface area contributed by atoms with E-state index in [1.165, 1.54) is 20.2 Å². The molecule has 8 rings (SSSR count). The molecule has 8 aromatic rings. The topological polar surface area (TPSA) is 51.6 Å². The molecule has 0 radical (unpaired) electrons. The molecule has 5 heteroatoms. The minimum absolute atomic E-state index is 0.604. The fraction of sp³-hybridized carbons (Fsp3) is 0. The summed E-state index contributed by atoms with van der Waals surface area (Å²) in [5.41, 5.74) is 5.85. The van der Waals surface area contributed by atoms with E-state index in [0.717, 1.165) is 38.7 Å². The molecule has 41 heavy (non-hydrogen) atoms. The number of benzene rings is 5. The number of fused-ring (bicyclic) bond motifs is 4. The van der Waals surface area contributed by atoms with Gasteiger partial charge in [-0.3, -0.25) is 4.98 Å². The zero-order valence-electron chi connectivity index (χ0n) is 21.9. The van der Waals surface area contributed by atoms with E-state index in [9.17, 15) is 0 Å². The fourth-order valence-corrected chi connectivity index (χ4v) is 6.53. The van der Waals surface area contributed by atoms with E-state index in [1.807, 2.05) is 36.5 Å². The molecule has 0 spiro atoms. The second-order valence-corrected chi connectivity index (χ2v) is 11.0. The third kappa shape index (κ3) is 4.15. The van der Waals surface area contributed by atoms with Crippen LogP contribution in [0.1, 0.15) is 0 Å². The third-order valence-corrected chi connectivity index (χ3v) is 8.55. The lowest BCUT2D eigenvalue weighted by atomic mass is 9.99. The molecule has 5 aromatic carbocycles. The van der Waals surface area contributed by atoms with Gasteiger partial charge in [0.05, 0.1) is 5.52 Å². The summed E-state index contributed by atoms with van der Waals surface area (Å²) in [6.07, 6.45) is 1.81. The minimum Gasteiger partial charge on any atom is -0.255 e. The van der Waals surface area contributed by atoms with Crippen molar-refractivity contribution in [3.05, 3.63) is 134 Å². The Kier molecular flexibility index (Phi) is 5.61. The smallest absolute Gasteiger partial charge is 0.166 e. The Bertz CT molecular complexity index is 2210. The highest BCUT2D eigenvalue weighted by Gasteiger charge is 2.18. The standard InChI is InChI=1S/C36H22N4S/c1-2-10-23(11-3-1)26-14-4-5-16-28(26)35-38-34(25-19-20-32-30(22-25)27-15-6-7-18-31(27)41-32)39-36(40-35)29-17-8-12-24-13-9-21-37-33(24)29/h1-22H. The largest absolute Gasteiger partial charge is 0.255 e. The highest BCUT2D eigenvalue weighted by atomic mass is 32.1. The normalized spacial score (nSPS) is 11.4. The molecule has 0 saturated carbocycles. The average Bonchev–Trinajstić information content (AvgIpc) is 3.43. The average molecular weight is 543 g/mol. The summed E-state index contributed by atoms with van der Waals surface area (Å²) in [6, 6.07) is 43.9. The molecule has 0 aliphatic carbocycles. The van der Waals surface area contributed by atoms with Crippen molar-refractivity contribution in [3.63, 3.8) is 0 Å². The predicted octanol–water partition coefficient (Wildman–Crippen LogP) is 9.46. The van der Waals surface area contributed by atoms with E-state index in [0.29, 0.717) is 17.5 Å². The van der Waals surface area contributed by atoms with Crippen molar-refractivity contribution in [2.24, 2.45) is 0 Å². The highest BCUT2D eigenvalue weighted by molar-refractivity contribution is 7.25. The Balaban J connectivity index is 1.39. The lowest BCUT2D eigenvalue weighted by molar-refractivity contribution is 1.08. The zero-order valence-corrected chi connectivity index (χ0v) is 22.7. The Morgan fingerprint density at radius 1 is 0.439 bits per heavy atom. The van der Waals surface area contributed by atoms with Crippen LogP contribution in [0.5, 0.6) is 0 Å². The van der Waals surface area contributed by atoms with Crippen LogP contribution in [0.2, 0.25) is 0 Å². The molecule has 0 atom stereocenters. The Labute approximate surface area is 240 Å². The van der Waals surface area contributed by atoms with Crippen molar-refractivity contribution < 1.29 is 0 Å². The Hall–Kier alpha value is -5.26. The first kappa shape index (κ1) is 23.6. The van der Waals surface area contributed by atoms with Crippen molar-refractivity contribution in [1.82, 2.24) is 19.9 Å². The van der Waals surface area contributed by atoms with Crippen LogP contribution in [-0.2, 0) is 0 Å². The van der Waals surface area contributed by atoms with Crippen LogP contribution in [0.25, 0.3) is 76.4 Å². The molecule has 3 aromatic heterocycles. The summed E-state index contributed by atoms with van der Waals surface area (Å²) in [5.74, 6) is 1.87. The van der Waals surface area contributed by atoms with E-state index in [4.69, 9.17) is 19.9 Å². The van der Waals surface area contributed by atoms with E-state index in [1.54, 1.807) is 11.3 Å². The predicted molar refractivity (Wildman–Crippen MR) is 170 cm³/mol. The van der Waals surface area contributed by atoms with Crippen LogP contribution in [0.3, 0.4) is 0 Å². The zero-order chi connectivity index (χ0) is 27.2. The van der Waals surface area contributed by atoms with Gasteiger partial charge in [-0.15, -0.1) is 11.3 Å². The minimum atomic E-state index is 0.604. The Morgan fingerprint density at radius 3 is 2.02 bits per heavy atom. The molecular formula is C36H22N4S. The number of nitrogens with zero attached hydrogens (tertiary/aromatic N) is 4. The van der Waals surface area contributed by atoms with Gasteiger partial charge in [-0.1, -0.05) is 91.0 Å². The quantitative estimate of drug-likeness (QED) is 0.222. The molecule has 0 bridgehead atoms. The maximum atomic E-state index is 5.10. The molecule has 0 saturated heterocycles. The van der Waals surface area contributed by atoms with Gasteiger partial charge in [-0.05, 0) is 47.5 Å². The van der Waals surface area contributed by atoms with Gasteiger partial charge in [0.2, 0.25) is 0 Å². The summed E-state index contributed by atoms with van der Waals surface area (Å²) in [4.78, 5) is 19.9. The van der Waals surface area contributed by atoms with Gasteiger partial charge in [0.25, 0.3) is 0 Å². The molecule has 0 aliphatic rings. The Morgan fingerprint density at radius 2 is 1.12 bits per heavy atom. The van der Waals surface area contributed by atoms with Crippen LogP contribution in [0.4, 0.5) is 0 Å². The lowest BCUT2D eigenvalue weighted by Crippen LogP contribution is -2.01. The molecule has 0 fully saturated rings. The number of para-hydroxylation sites is 1. The first-order valence-electron chi connectivity index (χ1n) is 13.5. The molecule has 192 valence electrons. The van der Waals surface area contributed by atoms with Gasteiger partial charge in [0.1, 0.15) is 0 Å². The molecule has 4 nitrogen and oxygen atoms in total. The summed E-state index contributed by atoms with van der Waals surface area (Å²) >= 11 is 1.81. The summed E-state index contributed by atoms with van der Waals surface area (Å²) < 4.78 is 2.52. The van der Waals surface area contributed by atoms with Gasteiger partial charge in [-0.25, -0.2) is 15.0 Å². The fourth-order valence-electron chi connectivity index (χ4n) is 5.44. The number of hydrogen-bond acceptors (Lipinski definition) is 5. The van der Waals surface area contributed by atoms with Crippen LogP contribution >= 0.6 is 11.3 Å². The molecule has 0 aliphatic heterocycles. The van der Waals surface area contributed by atoms with E-state index in [-0.39, 0.29) is 0 Å². The van der Waals surface area contributed by atoms with Crippen LogP contribution in [0, 0.1) is 0 Å². The molecular weight excluding hydrogens is 520 g/mol. The van der Waals surface area contributed by atoms with Gasteiger partial charge in [0, 0.05) is 48.4 Å². The van der Waals surface area contributed by atoms with Crippen LogP contribution in [0.15, 0.2) is 134 Å². The lowest BCUT2D eigenvalue weighted by Gasteiger charge is -2.12. The van der Waals surface area contributed by atoms with Crippen molar-refractivity contribution in [2.75, 3.05) is 0 Å². The van der Waals surface area contributed by atoms with E-state index in [2.05, 4.69) is 97.1 Å². The first-order chi connectivity index (χ1) is 20.3. The van der Waals surface area contributed by atoms with E-state index < -0.39 is 0 Å². The van der Waals surface area contributed by atoms with Crippen molar-refractivity contribution in [2.45, 2.75) is 0 Å². The third-order valence-electron chi connectivity index (χ3n) is 7.40. The molecule has 3 heterocycles. The number of rotatable bonds is 4. The highest BCUT2D eigenvalue weighted by Crippen LogP contribution is 2.37. The van der Waals surface area contributed by atoms with Gasteiger partial charge in [0.15, 0.2) is 17.5 Å². The van der Waals surface area contributed by atoms with Crippen molar-refractivity contribution >= 4 is 42.4 Å². The monoisotopic (exact) mass is 542 g/mol. The second-order valence-electron chi connectivity index (χ2n) is 9.91. The molecule has 0 unspecified atom stereocenters. The van der Waals surface area contributed by atoms with E-state index >= 15 is 0 Å². The number of hydrogen-bond donors (Lipinski definition) is 0. The van der Waals surface area contributed by atoms with Crippen molar-refractivity contribution in [1.29, 1.82) is 0 Å². The van der Waals surface area contributed by atoms with Gasteiger partial charge in [-0.2, -0.15) is 0 Å². The van der Waals surface area contributed by atoms with Gasteiger partial charge >= 0.3 is 0 Å². The van der Waals surface area contributed by atoms with Crippen LogP contribution in [-0.4, -0.2) is 19.9 Å². The summed E-state index contributed by atoms with van der Waals surface area (Å²) in [7, 11) is 0. The first-order valence-corrected chi connectivity index (χ1v) is 14.3. The second kappa shape index (κ2) is 9.73. The number of aromatic nitrogens is 4. The summed E-state index contributed by atoms with van der Waals surface area (Å²) in [6.45, 7) is 0. The maximum absolute atomic E-state index is 5.10. The number of thiophene rings is 1. The number of pyridine rings is 1. The van der Waals surface area contributed by atoms with Gasteiger partial charge < -0.3 is 0 Å². The van der Waals surface area contributed by atoms with Crippen LogP contribution < -0.4 is 0 Å². The molecule has 0 N–H and O–H groups in total. The SMILES string of the molecule is c1ccc(-c2ccccc2-c2nc(-c3ccc4sc5ccccc5c4c3)nc(-c3cccc4cccnc34)n2)cc1. The van der Waals surface area contributed by atoms with Crippen molar-refractivity contribution in [3.8, 4) is 45.3 Å². The molecule has 0 amide bonds. The maximum Gasteiger partial charge on any atom is 0.166 e. The summed E-state index contributed by atoms with van der Waals surface area (Å²) in [5, 5.41) is 3.50.